The number of hydrogen-bond donors (Lipinski definition) is 1. The Hall–Kier alpha value is -3.00. The van der Waals surface area contributed by atoms with Crippen molar-refractivity contribution in [2.75, 3.05) is 13.2 Å². The molecule has 0 atom stereocenters. The van der Waals surface area contributed by atoms with Crippen LogP contribution in [-0.4, -0.2) is 28.6 Å². The summed E-state index contributed by atoms with van der Waals surface area (Å²) in [6.07, 6.45) is 1.37. The van der Waals surface area contributed by atoms with Crippen molar-refractivity contribution < 1.29 is 13.9 Å². The number of carbonyl (C=O) groups is 1. The number of halogens is 1. The van der Waals surface area contributed by atoms with Crippen molar-refractivity contribution in [2.24, 2.45) is 0 Å². The van der Waals surface area contributed by atoms with E-state index in [1.807, 2.05) is 17.5 Å². The zero-order valence-corrected chi connectivity index (χ0v) is 14.5. The summed E-state index contributed by atoms with van der Waals surface area (Å²) in [5.41, 5.74) is 0.301. The first-order chi connectivity index (χ1) is 12.6. The van der Waals surface area contributed by atoms with Crippen LogP contribution >= 0.6 is 11.3 Å². The summed E-state index contributed by atoms with van der Waals surface area (Å²) in [6, 6.07) is 10.8. The smallest absolute Gasteiger partial charge is 0.254 e. The van der Waals surface area contributed by atoms with Gasteiger partial charge in [-0.3, -0.25) is 14.2 Å². The summed E-state index contributed by atoms with van der Waals surface area (Å²) in [7, 11) is 0. The summed E-state index contributed by atoms with van der Waals surface area (Å²) < 4.78 is 19.4. The first-order valence-electron chi connectivity index (χ1n) is 7.87. The number of amides is 1. The van der Waals surface area contributed by atoms with Crippen molar-refractivity contribution in [3.8, 4) is 16.3 Å². The van der Waals surface area contributed by atoms with Gasteiger partial charge in [-0.2, -0.15) is 0 Å². The standard InChI is InChI=1S/C18H16FN3O3S/c19-13-3-5-14(6-4-13)25-8-7-20-17(23)11-22-12-21-15(10-18(22)24)16-2-1-9-26-16/h1-6,9-10,12H,7-8,11H2,(H,20,23). The molecule has 0 saturated carbocycles. The lowest BCUT2D eigenvalue weighted by atomic mass is 10.3. The summed E-state index contributed by atoms with van der Waals surface area (Å²) in [5.74, 6) is -0.138. The first kappa shape index (κ1) is 17.8. The zero-order chi connectivity index (χ0) is 18.4. The average molecular weight is 373 g/mol. The van der Waals surface area contributed by atoms with Gasteiger partial charge in [0.05, 0.1) is 23.4 Å². The molecule has 0 bridgehead atoms. The van der Waals surface area contributed by atoms with Crippen LogP contribution in [0.15, 0.2) is 59.0 Å². The van der Waals surface area contributed by atoms with Crippen LogP contribution in [0.25, 0.3) is 10.6 Å². The molecule has 1 amide bonds. The maximum Gasteiger partial charge on any atom is 0.254 e. The van der Waals surface area contributed by atoms with E-state index in [0.29, 0.717) is 11.4 Å². The molecule has 0 aliphatic rings. The van der Waals surface area contributed by atoms with Gasteiger partial charge in [-0.05, 0) is 35.7 Å². The minimum absolute atomic E-state index is 0.118. The van der Waals surface area contributed by atoms with E-state index in [1.54, 1.807) is 0 Å². The number of benzene rings is 1. The fraction of sp³-hybridized carbons (Fsp3) is 0.167. The minimum Gasteiger partial charge on any atom is -0.492 e. The maximum atomic E-state index is 12.8. The van der Waals surface area contributed by atoms with E-state index in [1.165, 1.54) is 52.6 Å². The topological polar surface area (TPSA) is 73.2 Å². The van der Waals surface area contributed by atoms with Crippen LogP contribution in [-0.2, 0) is 11.3 Å². The molecule has 0 radical (unpaired) electrons. The Labute approximate surface area is 152 Å². The summed E-state index contributed by atoms with van der Waals surface area (Å²) in [5, 5.41) is 4.57. The highest BCUT2D eigenvalue weighted by Gasteiger charge is 2.07. The fourth-order valence-corrected chi connectivity index (χ4v) is 2.90. The maximum absolute atomic E-state index is 12.8. The van der Waals surface area contributed by atoms with Crippen molar-refractivity contribution in [2.45, 2.75) is 6.54 Å². The van der Waals surface area contributed by atoms with Crippen molar-refractivity contribution in [1.82, 2.24) is 14.9 Å². The Morgan fingerprint density at radius 2 is 2.08 bits per heavy atom. The van der Waals surface area contributed by atoms with Gasteiger partial charge in [0.25, 0.3) is 5.56 Å². The second-order valence-corrected chi connectivity index (χ2v) is 6.32. The van der Waals surface area contributed by atoms with Crippen molar-refractivity contribution in [1.29, 1.82) is 0 Å². The normalized spacial score (nSPS) is 10.5. The number of nitrogens with one attached hydrogen (secondary N) is 1. The predicted molar refractivity (Wildman–Crippen MR) is 96.7 cm³/mol. The lowest BCUT2D eigenvalue weighted by Crippen LogP contribution is -2.34. The van der Waals surface area contributed by atoms with Gasteiger partial charge in [0.2, 0.25) is 5.91 Å². The lowest BCUT2D eigenvalue weighted by Gasteiger charge is -2.09. The molecular formula is C18H16FN3O3S. The first-order valence-corrected chi connectivity index (χ1v) is 8.75. The van der Waals surface area contributed by atoms with Crippen LogP contribution in [0.5, 0.6) is 5.75 Å². The van der Waals surface area contributed by atoms with Crippen molar-refractivity contribution in [3.05, 3.63) is 70.3 Å². The van der Waals surface area contributed by atoms with E-state index in [0.717, 1.165) is 4.88 Å². The molecule has 0 aliphatic heterocycles. The van der Waals surface area contributed by atoms with Gasteiger partial charge in [-0.15, -0.1) is 11.3 Å². The highest BCUT2D eigenvalue weighted by molar-refractivity contribution is 7.13. The third-order valence-corrected chi connectivity index (χ3v) is 4.37. The number of carbonyl (C=O) groups excluding carboxylic acids is 1. The molecule has 0 fully saturated rings. The predicted octanol–water partition coefficient (Wildman–Crippen LogP) is 2.31. The molecule has 3 rings (SSSR count). The summed E-state index contributed by atoms with van der Waals surface area (Å²) in [4.78, 5) is 29.2. The highest BCUT2D eigenvalue weighted by atomic mass is 32.1. The van der Waals surface area contributed by atoms with Gasteiger partial charge in [0.1, 0.15) is 24.7 Å². The Bertz CT molecular complexity index is 924. The molecule has 8 heteroatoms. The van der Waals surface area contributed by atoms with Gasteiger partial charge in [-0.1, -0.05) is 6.07 Å². The Morgan fingerprint density at radius 1 is 1.27 bits per heavy atom. The van der Waals surface area contributed by atoms with E-state index in [4.69, 9.17) is 4.74 Å². The monoisotopic (exact) mass is 373 g/mol. The summed E-state index contributed by atoms with van der Waals surface area (Å²) >= 11 is 1.49. The summed E-state index contributed by atoms with van der Waals surface area (Å²) in [6.45, 7) is 0.389. The molecule has 3 aromatic rings. The Balaban J connectivity index is 1.47. The third-order valence-electron chi connectivity index (χ3n) is 3.47. The number of aromatic nitrogens is 2. The number of thiophene rings is 1. The van der Waals surface area contributed by atoms with Crippen LogP contribution in [0, 0.1) is 5.82 Å². The van der Waals surface area contributed by atoms with E-state index < -0.39 is 0 Å². The Morgan fingerprint density at radius 3 is 2.77 bits per heavy atom. The molecule has 2 aromatic heterocycles. The van der Waals surface area contributed by atoms with E-state index in [2.05, 4.69) is 10.3 Å². The average Bonchev–Trinajstić information content (AvgIpc) is 3.17. The minimum atomic E-state index is -0.338. The molecule has 0 unspecified atom stereocenters. The van der Waals surface area contributed by atoms with Crippen LogP contribution in [0.3, 0.4) is 0 Å². The van der Waals surface area contributed by atoms with E-state index >= 15 is 0 Å². The number of rotatable bonds is 7. The van der Waals surface area contributed by atoms with E-state index in [9.17, 15) is 14.0 Å². The molecule has 0 aliphatic carbocycles. The van der Waals surface area contributed by atoms with Gasteiger partial charge in [-0.25, -0.2) is 9.37 Å². The quantitative estimate of drug-likeness (QED) is 0.645. The van der Waals surface area contributed by atoms with Gasteiger partial charge in [0.15, 0.2) is 0 Å². The Kier molecular flexibility index (Phi) is 5.75. The molecular weight excluding hydrogens is 357 g/mol. The SMILES string of the molecule is O=C(Cn1cnc(-c2cccs2)cc1=O)NCCOc1ccc(F)cc1. The van der Waals surface area contributed by atoms with Gasteiger partial charge in [0, 0.05) is 6.07 Å². The molecule has 6 nitrogen and oxygen atoms in total. The molecule has 134 valence electrons. The number of nitrogens with zero attached hydrogens (tertiary/aromatic N) is 2. The van der Waals surface area contributed by atoms with Crippen molar-refractivity contribution >= 4 is 17.2 Å². The van der Waals surface area contributed by atoms with Crippen LogP contribution in [0.2, 0.25) is 0 Å². The number of ether oxygens (including phenoxy) is 1. The molecule has 1 N–H and O–H groups in total. The van der Waals surface area contributed by atoms with Crippen LogP contribution < -0.4 is 15.6 Å². The van der Waals surface area contributed by atoms with Gasteiger partial charge < -0.3 is 10.1 Å². The third kappa shape index (κ3) is 4.76. The molecule has 26 heavy (non-hydrogen) atoms. The molecule has 0 saturated heterocycles. The van der Waals surface area contributed by atoms with Crippen molar-refractivity contribution in [3.63, 3.8) is 0 Å². The molecule has 1 aromatic carbocycles. The zero-order valence-electron chi connectivity index (χ0n) is 13.7. The second-order valence-electron chi connectivity index (χ2n) is 5.37. The lowest BCUT2D eigenvalue weighted by molar-refractivity contribution is -0.121. The number of hydrogen-bond acceptors (Lipinski definition) is 5. The van der Waals surface area contributed by atoms with Crippen LogP contribution in [0.1, 0.15) is 0 Å². The molecule has 0 spiro atoms. The fourth-order valence-electron chi connectivity index (χ4n) is 2.20. The van der Waals surface area contributed by atoms with Gasteiger partial charge >= 0.3 is 0 Å². The molecule has 2 heterocycles. The largest absolute Gasteiger partial charge is 0.492 e. The highest BCUT2D eigenvalue weighted by Crippen LogP contribution is 2.20. The van der Waals surface area contributed by atoms with E-state index in [-0.39, 0.29) is 37.0 Å². The van der Waals surface area contributed by atoms with Crippen LogP contribution in [0.4, 0.5) is 4.39 Å². The second kappa shape index (κ2) is 8.39.